The second-order valence-electron chi connectivity index (χ2n) is 6.77. The van der Waals surface area contributed by atoms with Gasteiger partial charge in [-0.3, -0.25) is 9.78 Å². The van der Waals surface area contributed by atoms with Crippen LogP contribution in [0.3, 0.4) is 0 Å². The molecule has 1 amide bonds. The minimum absolute atomic E-state index is 0.0413. The standard InChI is InChI=1S/C23H21N3O2/c1-16-12-18(28-19-6-5-11-24-14-19)9-10-21(16)25-23(27)13-17-15-26(2)22-8-4-3-7-20(17)22/h3-12,14-15H,13H2,1-2H3,(H,25,27). The molecule has 0 bridgehead atoms. The first-order chi connectivity index (χ1) is 13.6. The highest BCUT2D eigenvalue weighted by Gasteiger charge is 2.12. The molecule has 1 N–H and O–H groups in total. The lowest BCUT2D eigenvalue weighted by Gasteiger charge is -2.11. The Morgan fingerprint density at radius 2 is 1.96 bits per heavy atom. The Hall–Kier alpha value is -3.60. The number of hydrogen-bond donors (Lipinski definition) is 1. The van der Waals surface area contributed by atoms with Crippen LogP contribution >= 0.6 is 0 Å². The number of anilines is 1. The van der Waals surface area contributed by atoms with E-state index in [1.54, 1.807) is 12.4 Å². The molecule has 28 heavy (non-hydrogen) atoms. The van der Waals surface area contributed by atoms with E-state index < -0.39 is 0 Å². The molecule has 0 saturated carbocycles. The lowest BCUT2D eigenvalue weighted by atomic mass is 10.1. The Labute approximate surface area is 163 Å². The van der Waals surface area contributed by atoms with Crippen LogP contribution in [0.25, 0.3) is 10.9 Å². The van der Waals surface area contributed by atoms with Gasteiger partial charge in [0.05, 0.1) is 12.6 Å². The van der Waals surface area contributed by atoms with Crippen molar-refractivity contribution in [2.75, 3.05) is 5.32 Å². The number of rotatable bonds is 5. The van der Waals surface area contributed by atoms with Crippen molar-refractivity contribution in [3.8, 4) is 11.5 Å². The van der Waals surface area contributed by atoms with E-state index in [1.807, 2.05) is 73.3 Å². The quantitative estimate of drug-likeness (QED) is 0.545. The van der Waals surface area contributed by atoms with Gasteiger partial charge >= 0.3 is 0 Å². The monoisotopic (exact) mass is 371 g/mol. The van der Waals surface area contributed by atoms with E-state index in [0.717, 1.165) is 27.7 Å². The van der Waals surface area contributed by atoms with Crippen LogP contribution in [-0.4, -0.2) is 15.5 Å². The number of fused-ring (bicyclic) bond motifs is 1. The summed E-state index contributed by atoms with van der Waals surface area (Å²) in [5.41, 5.74) is 3.86. The molecule has 0 aliphatic heterocycles. The molecular weight excluding hydrogens is 350 g/mol. The molecule has 0 spiro atoms. The van der Waals surface area contributed by atoms with Crippen LogP contribution < -0.4 is 10.1 Å². The second-order valence-corrected chi connectivity index (χ2v) is 6.77. The van der Waals surface area contributed by atoms with Crippen molar-refractivity contribution < 1.29 is 9.53 Å². The molecule has 2 aromatic carbocycles. The van der Waals surface area contributed by atoms with Crippen molar-refractivity contribution in [2.45, 2.75) is 13.3 Å². The molecule has 140 valence electrons. The van der Waals surface area contributed by atoms with Crippen LogP contribution in [0.2, 0.25) is 0 Å². The normalized spacial score (nSPS) is 10.8. The SMILES string of the molecule is Cc1cc(Oc2cccnc2)ccc1NC(=O)Cc1cn(C)c2ccccc12. The summed E-state index contributed by atoms with van der Waals surface area (Å²) in [4.78, 5) is 16.6. The maximum absolute atomic E-state index is 12.6. The molecule has 5 heteroatoms. The van der Waals surface area contributed by atoms with E-state index in [4.69, 9.17) is 4.74 Å². The predicted octanol–water partition coefficient (Wildman–Crippen LogP) is 4.86. The number of hydrogen-bond acceptors (Lipinski definition) is 3. The molecule has 4 rings (SSSR count). The summed E-state index contributed by atoms with van der Waals surface area (Å²) in [6, 6.07) is 17.4. The van der Waals surface area contributed by atoms with Gasteiger partial charge in [-0.25, -0.2) is 0 Å². The lowest BCUT2D eigenvalue weighted by molar-refractivity contribution is -0.115. The zero-order valence-electron chi connectivity index (χ0n) is 15.8. The summed E-state index contributed by atoms with van der Waals surface area (Å²) in [5.74, 6) is 1.34. The zero-order chi connectivity index (χ0) is 19.5. The molecule has 2 heterocycles. The highest BCUT2D eigenvalue weighted by Crippen LogP contribution is 2.26. The number of aromatic nitrogens is 2. The zero-order valence-corrected chi connectivity index (χ0v) is 15.8. The Balaban J connectivity index is 1.47. The number of nitrogens with zero attached hydrogens (tertiary/aromatic N) is 2. The minimum atomic E-state index is -0.0413. The molecule has 0 aliphatic rings. The van der Waals surface area contributed by atoms with Crippen molar-refractivity contribution in [3.63, 3.8) is 0 Å². The Bertz CT molecular complexity index is 1130. The van der Waals surface area contributed by atoms with Gasteiger partial charge in [-0.15, -0.1) is 0 Å². The molecular formula is C23H21N3O2. The maximum Gasteiger partial charge on any atom is 0.228 e. The van der Waals surface area contributed by atoms with Crippen LogP contribution in [-0.2, 0) is 18.3 Å². The fourth-order valence-electron chi connectivity index (χ4n) is 3.32. The van der Waals surface area contributed by atoms with Crippen LogP contribution in [0.1, 0.15) is 11.1 Å². The van der Waals surface area contributed by atoms with Gasteiger partial charge in [0.2, 0.25) is 5.91 Å². The Morgan fingerprint density at radius 3 is 2.75 bits per heavy atom. The number of para-hydroxylation sites is 1. The summed E-state index contributed by atoms with van der Waals surface area (Å²) in [5, 5.41) is 4.12. The summed E-state index contributed by atoms with van der Waals surface area (Å²) in [7, 11) is 1.99. The van der Waals surface area contributed by atoms with Gasteiger partial charge < -0.3 is 14.6 Å². The molecule has 0 unspecified atom stereocenters. The molecule has 2 aromatic heterocycles. The molecule has 4 aromatic rings. The van der Waals surface area contributed by atoms with Gasteiger partial charge in [0.1, 0.15) is 11.5 Å². The van der Waals surface area contributed by atoms with Crippen LogP contribution in [0.5, 0.6) is 11.5 Å². The number of aryl methyl sites for hydroxylation is 2. The fraction of sp³-hybridized carbons (Fsp3) is 0.130. The average Bonchev–Trinajstić information content (AvgIpc) is 3.01. The molecule has 0 atom stereocenters. The highest BCUT2D eigenvalue weighted by molar-refractivity contribution is 5.96. The van der Waals surface area contributed by atoms with E-state index in [-0.39, 0.29) is 5.91 Å². The van der Waals surface area contributed by atoms with E-state index in [9.17, 15) is 4.79 Å². The molecule has 0 radical (unpaired) electrons. The van der Waals surface area contributed by atoms with Gasteiger partial charge in [-0.1, -0.05) is 18.2 Å². The van der Waals surface area contributed by atoms with Gasteiger partial charge in [-0.05, 0) is 54.4 Å². The van der Waals surface area contributed by atoms with Gasteiger partial charge in [0.15, 0.2) is 0 Å². The molecule has 5 nitrogen and oxygen atoms in total. The highest BCUT2D eigenvalue weighted by atomic mass is 16.5. The van der Waals surface area contributed by atoms with Gasteiger partial charge in [-0.2, -0.15) is 0 Å². The van der Waals surface area contributed by atoms with Crippen LogP contribution in [0, 0.1) is 6.92 Å². The van der Waals surface area contributed by atoms with Crippen LogP contribution in [0.4, 0.5) is 5.69 Å². The van der Waals surface area contributed by atoms with Crippen molar-refractivity contribution in [1.29, 1.82) is 0 Å². The van der Waals surface area contributed by atoms with E-state index in [0.29, 0.717) is 17.9 Å². The predicted molar refractivity (Wildman–Crippen MR) is 111 cm³/mol. The molecule has 0 saturated heterocycles. The minimum Gasteiger partial charge on any atom is -0.456 e. The Morgan fingerprint density at radius 1 is 1.11 bits per heavy atom. The number of benzene rings is 2. The number of nitrogens with one attached hydrogen (secondary N) is 1. The van der Waals surface area contributed by atoms with Crippen molar-refractivity contribution >= 4 is 22.5 Å². The lowest BCUT2D eigenvalue weighted by Crippen LogP contribution is -2.15. The summed E-state index contributed by atoms with van der Waals surface area (Å²) < 4.78 is 7.84. The Kier molecular flexibility index (Phi) is 4.81. The average molecular weight is 371 g/mol. The smallest absolute Gasteiger partial charge is 0.228 e. The van der Waals surface area contributed by atoms with E-state index >= 15 is 0 Å². The second kappa shape index (κ2) is 7.56. The molecule has 0 fully saturated rings. The summed E-state index contributed by atoms with van der Waals surface area (Å²) >= 11 is 0. The fourth-order valence-corrected chi connectivity index (χ4v) is 3.32. The van der Waals surface area contributed by atoms with E-state index in [2.05, 4.69) is 16.4 Å². The van der Waals surface area contributed by atoms with Crippen molar-refractivity contribution in [1.82, 2.24) is 9.55 Å². The molecule has 0 aliphatic carbocycles. The topological polar surface area (TPSA) is 56.1 Å². The van der Waals surface area contributed by atoms with Crippen molar-refractivity contribution in [2.24, 2.45) is 7.05 Å². The first-order valence-electron chi connectivity index (χ1n) is 9.11. The third-order valence-corrected chi connectivity index (χ3v) is 4.67. The van der Waals surface area contributed by atoms with Gasteiger partial charge in [0.25, 0.3) is 0 Å². The maximum atomic E-state index is 12.6. The number of ether oxygens (including phenoxy) is 1. The van der Waals surface area contributed by atoms with Crippen LogP contribution in [0.15, 0.2) is 73.2 Å². The number of pyridine rings is 1. The first kappa shape index (κ1) is 17.8. The van der Waals surface area contributed by atoms with Gasteiger partial charge in [0, 0.05) is 36.0 Å². The summed E-state index contributed by atoms with van der Waals surface area (Å²) in [6.07, 6.45) is 5.71. The number of carbonyl (C=O) groups is 1. The number of carbonyl (C=O) groups excluding carboxylic acids is 1. The first-order valence-corrected chi connectivity index (χ1v) is 9.11. The summed E-state index contributed by atoms with van der Waals surface area (Å²) in [6.45, 7) is 1.95. The van der Waals surface area contributed by atoms with E-state index in [1.165, 1.54) is 0 Å². The number of amides is 1. The third kappa shape index (κ3) is 3.74. The largest absolute Gasteiger partial charge is 0.456 e. The third-order valence-electron chi connectivity index (χ3n) is 4.67. The van der Waals surface area contributed by atoms with Crippen molar-refractivity contribution in [3.05, 3.63) is 84.3 Å².